The second-order valence-electron chi connectivity index (χ2n) is 11.6. The maximum Gasteiger partial charge on any atom is 0.0537 e. The first-order valence-corrected chi connectivity index (χ1v) is 18.0. The van der Waals surface area contributed by atoms with Crippen molar-refractivity contribution in [2.75, 3.05) is 0 Å². The van der Waals surface area contributed by atoms with Crippen molar-refractivity contribution in [3.05, 3.63) is 169 Å². The van der Waals surface area contributed by atoms with Crippen molar-refractivity contribution in [3.8, 4) is 5.69 Å². The number of para-hydroxylation sites is 1. The summed E-state index contributed by atoms with van der Waals surface area (Å²) in [6.07, 6.45) is 6.76. The summed E-state index contributed by atoms with van der Waals surface area (Å²) in [6, 6.07) is 56.7. The molecule has 216 valence electrons. The van der Waals surface area contributed by atoms with Crippen LogP contribution < -0.4 is 0 Å². The normalized spacial score (nSPS) is 13.4. The van der Waals surface area contributed by atoms with Crippen LogP contribution in [0.3, 0.4) is 0 Å². The molecule has 0 bridgehead atoms. The Hall–Kier alpha value is -4.83. The molecule has 0 aliphatic heterocycles. The lowest BCUT2D eigenvalue weighted by Gasteiger charge is -2.42. The summed E-state index contributed by atoms with van der Waals surface area (Å²) in [7, 11) is -1.89. The highest BCUT2D eigenvalue weighted by atomic mass is 32.3. The Bertz CT molecular complexity index is 2340. The zero-order valence-electron chi connectivity index (χ0n) is 24.8. The van der Waals surface area contributed by atoms with Crippen LogP contribution >= 0.6 is 21.4 Å². The fraction of sp³-hybridized carbons (Fsp3) is 0.0476. The largest absolute Gasteiger partial charge is 0.313 e. The number of thiophene rings is 1. The number of hydrogen-bond donors (Lipinski definition) is 0. The minimum Gasteiger partial charge on any atom is -0.313 e. The van der Waals surface area contributed by atoms with E-state index < -0.39 is 10.0 Å². The first-order valence-electron chi connectivity index (χ1n) is 15.6. The molecule has 0 unspecified atom stereocenters. The van der Waals surface area contributed by atoms with Gasteiger partial charge in [0.05, 0.1) is 5.52 Å². The van der Waals surface area contributed by atoms with Crippen molar-refractivity contribution >= 4 is 58.5 Å². The SMILES string of the molecule is C1=Cc2c(n(-c3cccc(S(c4ccccc4)(c4ccccc4)c4cccc5c4sc4ccccc45)c3)c3ccccc23)CC1. The maximum atomic E-state index is 2.53. The number of fused-ring (bicyclic) bond motifs is 6. The predicted molar refractivity (Wildman–Crippen MR) is 193 cm³/mol. The zero-order chi connectivity index (χ0) is 29.8. The van der Waals surface area contributed by atoms with Crippen LogP contribution in [0, 0.1) is 0 Å². The second kappa shape index (κ2) is 10.7. The van der Waals surface area contributed by atoms with Gasteiger partial charge in [0.1, 0.15) is 0 Å². The number of allylic oxidation sites excluding steroid dienone is 1. The van der Waals surface area contributed by atoms with E-state index in [0.29, 0.717) is 0 Å². The van der Waals surface area contributed by atoms with E-state index in [1.165, 1.54) is 67.6 Å². The number of aromatic nitrogens is 1. The molecule has 0 spiro atoms. The summed E-state index contributed by atoms with van der Waals surface area (Å²) in [5.74, 6) is 0. The van der Waals surface area contributed by atoms with Gasteiger partial charge in [-0.05, 0) is 73.5 Å². The summed E-state index contributed by atoms with van der Waals surface area (Å²) in [6.45, 7) is 0. The van der Waals surface area contributed by atoms with E-state index >= 15 is 0 Å². The molecule has 9 rings (SSSR count). The van der Waals surface area contributed by atoms with Crippen LogP contribution in [0.1, 0.15) is 17.7 Å². The lowest BCUT2D eigenvalue weighted by Crippen LogP contribution is -2.07. The Morgan fingerprint density at radius 3 is 2.00 bits per heavy atom. The summed E-state index contributed by atoms with van der Waals surface area (Å²) >= 11 is 1.93. The fourth-order valence-electron chi connectivity index (χ4n) is 7.28. The topological polar surface area (TPSA) is 4.93 Å². The summed E-state index contributed by atoms with van der Waals surface area (Å²) in [5.41, 5.74) is 5.27. The smallest absolute Gasteiger partial charge is 0.0537 e. The zero-order valence-corrected chi connectivity index (χ0v) is 26.4. The van der Waals surface area contributed by atoms with Gasteiger partial charge in [-0.1, -0.05) is 103 Å². The molecule has 2 heterocycles. The summed E-state index contributed by atoms with van der Waals surface area (Å²) < 4.78 is 5.24. The van der Waals surface area contributed by atoms with Gasteiger partial charge in [0.25, 0.3) is 0 Å². The van der Waals surface area contributed by atoms with Gasteiger partial charge >= 0.3 is 0 Å². The highest BCUT2D eigenvalue weighted by Gasteiger charge is 2.35. The molecule has 0 fully saturated rings. The van der Waals surface area contributed by atoms with Crippen molar-refractivity contribution in [2.24, 2.45) is 0 Å². The lowest BCUT2D eigenvalue weighted by molar-refractivity contribution is 0.886. The van der Waals surface area contributed by atoms with Crippen LogP contribution in [-0.4, -0.2) is 4.57 Å². The molecule has 0 saturated carbocycles. The highest BCUT2D eigenvalue weighted by Crippen LogP contribution is 2.75. The average molecular weight is 614 g/mol. The van der Waals surface area contributed by atoms with Crippen LogP contribution in [0.2, 0.25) is 0 Å². The molecule has 3 heteroatoms. The highest BCUT2D eigenvalue weighted by molar-refractivity contribution is 8.34. The molecule has 0 radical (unpaired) electrons. The Balaban J connectivity index is 1.41. The Kier molecular flexibility index (Phi) is 6.29. The van der Waals surface area contributed by atoms with E-state index in [9.17, 15) is 0 Å². The van der Waals surface area contributed by atoms with Gasteiger partial charge in [-0.15, -0.1) is 21.4 Å². The maximum absolute atomic E-state index is 2.53. The summed E-state index contributed by atoms with van der Waals surface area (Å²) in [4.78, 5) is 5.44. The van der Waals surface area contributed by atoms with E-state index in [1.807, 2.05) is 11.3 Å². The van der Waals surface area contributed by atoms with Gasteiger partial charge in [-0.2, -0.15) is 0 Å². The third-order valence-electron chi connectivity index (χ3n) is 9.17. The quantitative estimate of drug-likeness (QED) is 0.182. The molecule has 8 aromatic rings. The third-order valence-corrected chi connectivity index (χ3v) is 14.4. The Morgan fingerprint density at radius 2 is 1.20 bits per heavy atom. The molecule has 0 amide bonds. The van der Waals surface area contributed by atoms with Gasteiger partial charge in [-0.3, -0.25) is 0 Å². The molecule has 1 aliphatic rings. The van der Waals surface area contributed by atoms with Gasteiger partial charge in [0, 0.05) is 62.1 Å². The molecule has 1 aliphatic carbocycles. The van der Waals surface area contributed by atoms with E-state index in [4.69, 9.17) is 0 Å². The monoisotopic (exact) mass is 613 g/mol. The first-order chi connectivity index (χ1) is 22.3. The van der Waals surface area contributed by atoms with Crippen LogP contribution in [0.15, 0.2) is 177 Å². The van der Waals surface area contributed by atoms with E-state index in [2.05, 4.69) is 168 Å². The Labute approximate surface area is 269 Å². The van der Waals surface area contributed by atoms with Crippen LogP contribution in [0.4, 0.5) is 0 Å². The fourth-order valence-corrected chi connectivity index (χ4v) is 12.9. The number of hydrogen-bond acceptors (Lipinski definition) is 1. The first kappa shape index (κ1) is 26.6. The van der Waals surface area contributed by atoms with E-state index in [0.717, 1.165) is 12.8 Å². The van der Waals surface area contributed by atoms with Crippen LogP contribution in [0.5, 0.6) is 0 Å². The van der Waals surface area contributed by atoms with Gasteiger partial charge in [0.2, 0.25) is 0 Å². The van der Waals surface area contributed by atoms with Gasteiger partial charge < -0.3 is 4.57 Å². The summed E-state index contributed by atoms with van der Waals surface area (Å²) in [5, 5.41) is 4.00. The van der Waals surface area contributed by atoms with Crippen molar-refractivity contribution in [1.82, 2.24) is 4.57 Å². The van der Waals surface area contributed by atoms with Crippen molar-refractivity contribution in [3.63, 3.8) is 0 Å². The predicted octanol–water partition coefficient (Wildman–Crippen LogP) is 12.3. The van der Waals surface area contributed by atoms with Crippen molar-refractivity contribution in [2.45, 2.75) is 32.4 Å². The second-order valence-corrected chi connectivity index (χ2v) is 15.8. The van der Waals surface area contributed by atoms with E-state index in [1.54, 1.807) is 0 Å². The molecule has 1 nitrogen and oxygen atoms in total. The van der Waals surface area contributed by atoms with Crippen LogP contribution in [0.25, 0.3) is 42.8 Å². The third kappa shape index (κ3) is 4.01. The lowest BCUT2D eigenvalue weighted by atomic mass is 10.0. The molecular formula is C42H31NS2. The molecule has 0 saturated heterocycles. The van der Waals surface area contributed by atoms with Crippen LogP contribution in [-0.2, 0) is 6.42 Å². The molecule has 6 aromatic carbocycles. The molecule has 0 N–H and O–H groups in total. The standard InChI is InChI=1S/C42H31NS2/c1-3-16-31(17-4-1)45(32-18-5-2-6-19-32,41-28-14-24-37-36-23-9-12-27-40(36)44-42(37)41)33-20-13-15-30(29-33)43-38-25-10-7-21-34(38)35-22-8-11-26-39(35)43/h1-10,12-25,27-29H,11,26H2. The minimum atomic E-state index is -1.89. The average Bonchev–Trinajstić information content (AvgIpc) is 3.66. The van der Waals surface area contributed by atoms with Crippen molar-refractivity contribution in [1.29, 1.82) is 0 Å². The minimum absolute atomic E-state index is 1.04. The Morgan fingerprint density at radius 1 is 0.556 bits per heavy atom. The van der Waals surface area contributed by atoms with E-state index in [-0.39, 0.29) is 0 Å². The molecule has 45 heavy (non-hydrogen) atoms. The number of benzene rings is 6. The van der Waals surface area contributed by atoms with Gasteiger partial charge in [-0.25, -0.2) is 0 Å². The molecule has 2 aromatic heterocycles. The van der Waals surface area contributed by atoms with Crippen molar-refractivity contribution < 1.29 is 0 Å². The molecule has 0 atom stereocenters. The number of nitrogens with zero attached hydrogens (tertiary/aromatic N) is 1. The molecular weight excluding hydrogens is 583 g/mol. The number of rotatable bonds is 5. The van der Waals surface area contributed by atoms with Gasteiger partial charge in [0.15, 0.2) is 0 Å².